The van der Waals surface area contributed by atoms with Crippen LogP contribution in [0.15, 0.2) is 84.9 Å². The number of nitrogens with two attached hydrogens (primary N) is 1. The van der Waals surface area contributed by atoms with Gasteiger partial charge in [-0.05, 0) is 83.3 Å². The van der Waals surface area contributed by atoms with Crippen molar-refractivity contribution in [1.29, 1.82) is 0 Å². The van der Waals surface area contributed by atoms with Crippen molar-refractivity contribution in [3.05, 3.63) is 127 Å². The van der Waals surface area contributed by atoms with Gasteiger partial charge in [0, 0.05) is 156 Å². The van der Waals surface area contributed by atoms with Gasteiger partial charge >= 0.3 is 31.2 Å². The minimum Gasteiger partial charge on any atom is -1.00 e. The summed E-state index contributed by atoms with van der Waals surface area (Å²) in [5.41, 5.74) is 1.53. The van der Waals surface area contributed by atoms with Gasteiger partial charge < -0.3 is 53.0 Å². The third-order valence-corrected chi connectivity index (χ3v) is 15.8. The van der Waals surface area contributed by atoms with E-state index in [0.717, 1.165) is 103 Å². The van der Waals surface area contributed by atoms with Crippen molar-refractivity contribution < 1.29 is 87.5 Å². The SMILES string of the molecule is CC(CN1CCN(c2ccc(C(C)(C)C)cc2)CC1)C(=O)N1CCC(Nc2ccc([N+](=O)[O-])c(C(F)(F)F)c2)CC1.CC(CN1CCN(c2ccc(C(C)(C)C)cc2)CC1)C(=O)[O-].O=[N+]([O-])c1ccc(NC2CC[NH2+]CC2)cc1C(F)(F)F.[Cl-].[Li+]. The first-order valence-corrected chi connectivity index (χ1v) is 28.6. The molecular formula is C60H82ClF6LiN10O7. The number of hydrogen-bond donors (Lipinski definition) is 3. The zero-order valence-electron chi connectivity index (χ0n) is 50.3. The molecule has 4 aliphatic rings. The van der Waals surface area contributed by atoms with Crippen LogP contribution in [0.25, 0.3) is 0 Å². The number of carboxylic acids is 1. The summed E-state index contributed by atoms with van der Waals surface area (Å²) in [5.74, 6) is -1.42. The first-order chi connectivity index (χ1) is 38.9. The van der Waals surface area contributed by atoms with Gasteiger partial charge in [-0.25, -0.2) is 0 Å². The van der Waals surface area contributed by atoms with Crippen molar-refractivity contribution in [1.82, 2.24) is 14.7 Å². The molecule has 25 heteroatoms. The Hall–Kier alpha value is -5.83. The molecule has 1 amide bonds. The molecule has 4 aromatic carbocycles. The number of hydrogen-bond acceptors (Lipinski definition) is 13. The fourth-order valence-electron chi connectivity index (χ4n) is 10.8. The van der Waals surface area contributed by atoms with Crippen molar-refractivity contribution in [2.45, 2.75) is 116 Å². The van der Waals surface area contributed by atoms with E-state index < -0.39 is 56.6 Å². The van der Waals surface area contributed by atoms with Crippen molar-refractivity contribution in [2.24, 2.45) is 11.8 Å². The molecule has 2 atom stereocenters. The van der Waals surface area contributed by atoms with Crippen LogP contribution in [0.3, 0.4) is 0 Å². The molecule has 0 bridgehead atoms. The molecule has 0 spiro atoms. The number of benzene rings is 4. The first-order valence-electron chi connectivity index (χ1n) is 28.6. The van der Waals surface area contributed by atoms with Crippen LogP contribution in [0.1, 0.15) is 103 Å². The molecule has 0 radical (unpaired) electrons. The molecule has 4 N–H and O–H groups in total. The van der Waals surface area contributed by atoms with E-state index in [9.17, 15) is 61.3 Å². The number of aliphatic carboxylic acids is 1. The number of halogens is 7. The van der Waals surface area contributed by atoms with Crippen LogP contribution in [0.2, 0.25) is 0 Å². The van der Waals surface area contributed by atoms with Gasteiger partial charge in [0.25, 0.3) is 11.4 Å². The van der Waals surface area contributed by atoms with Crippen LogP contribution in [0, 0.1) is 32.1 Å². The van der Waals surface area contributed by atoms with E-state index in [2.05, 4.69) is 126 Å². The quantitative estimate of drug-likeness (QED) is 0.0722. The van der Waals surface area contributed by atoms with E-state index in [4.69, 9.17) is 0 Å². The number of quaternary nitrogens is 1. The number of carbonyl (C=O) groups is 2. The second-order valence-electron chi connectivity index (χ2n) is 24.3. The number of amides is 1. The van der Waals surface area contributed by atoms with Crippen molar-refractivity contribution >= 4 is 46.0 Å². The maximum atomic E-state index is 13.3. The molecule has 85 heavy (non-hydrogen) atoms. The number of nitrogens with zero attached hydrogens (tertiary/aromatic N) is 7. The van der Waals surface area contributed by atoms with Gasteiger partial charge in [0.2, 0.25) is 5.91 Å². The third kappa shape index (κ3) is 21.2. The average Bonchev–Trinajstić information content (AvgIpc) is 3.62. The van der Waals surface area contributed by atoms with E-state index >= 15 is 0 Å². The Labute approximate surface area is 513 Å². The molecule has 4 heterocycles. The molecule has 0 aliphatic carbocycles. The van der Waals surface area contributed by atoms with Gasteiger partial charge in [-0.15, -0.1) is 0 Å². The number of alkyl halides is 6. The maximum absolute atomic E-state index is 13.3. The van der Waals surface area contributed by atoms with E-state index in [1.165, 1.54) is 34.6 Å². The fraction of sp³-hybridized carbons (Fsp3) is 0.567. The van der Waals surface area contributed by atoms with E-state index in [0.29, 0.717) is 39.0 Å². The Morgan fingerprint density at radius 3 is 1.25 bits per heavy atom. The molecule has 8 rings (SSSR count). The van der Waals surface area contributed by atoms with Crippen LogP contribution in [-0.4, -0.2) is 140 Å². The molecule has 0 aromatic heterocycles. The van der Waals surface area contributed by atoms with Crippen molar-refractivity contribution in [2.75, 3.05) is 112 Å². The van der Waals surface area contributed by atoms with Gasteiger partial charge in [0.05, 0.1) is 22.9 Å². The Kier molecular flexibility index (Phi) is 26.3. The molecule has 4 aliphatic heterocycles. The molecule has 464 valence electrons. The summed E-state index contributed by atoms with van der Waals surface area (Å²) in [4.78, 5) is 54.8. The standard InChI is InChI=1S/C30H40F3N5O3.C18H28N2O2.C12H14F3N3O2.ClH.Li/c1-21(20-35-15-17-36(18-16-35)25-8-5-22(6-9-25)29(2,3)4)28(39)37-13-11-23(12-14-37)34-24-7-10-27(38(40)41)26(19-24)30(31,32)33;1-14(17(21)22)13-19-9-11-20(12-10-19)16-7-5-15(6-8-16)18(2,3)4;13-12(14,15)10-7-9(1-2-11(10)18(19)20)17-8-3-5-16-6-4-8;;/h5-10,19,21,23,34H,11-18,20H2,1-4H3;5-8,14H,9-13H2,1-4H3,(H,21,22);1-2,7-8,16-17H,3-6H2;1H;/q;;;;+1/p-1. The number of piperidine rings is 2. The van der Waals surface area contributed by atoms with E-state index in [1.54, 1.807) is 6.92 Å². The summed E-state index contributed by atoms with van der Waals surface area (Å²) >= 11 is 0. The monoisotopic (exact) mass is 1210 g/mol. The minimum absolute atomic E-state index is 0. The Balaban J connectivity index is 0.000000297. The van der Waals surface area contributed by atoms with Crippen LogP contribution >= 0.6 is 0 Å². The minimum atomic E-state index is -4.82. The predicted octanol–water partition coefficient (Wildman–Crippen LogP) is 3.02. The molecule has 17 nitrogen and oxygen atoms in total. The molecule has 4 aromatic rings. The number of anilines is 4. The Morgan fingerprint density at radius 1 is 0.565 bits per heavy atom. The number of nitro benzene ring substituents is 2. The first kappa shape index (κ1) is 71.6. The zero-order valence-corrected chi connectivity index (χ0v) is 51.1. The van der Waals surface area contributed by atoms with Gasteiger partial charge in [-0.3, -0.25) is 34.8 Å². The van der Waals surface area contributed by atoms with Crippen molar-refractivity contribution in [3.8, 4) is 0 Å². The largest absolute Gasteiger partial charge is 1.00 e. The normalized spacial score (nSPS) is 17.6. The summed E-state index contributed by atoms with van der Waals surface area (Å²) in [7, 11) is 0. The molecule has 2 unspecified atom stereocenters. The van der Waals surface area contributed by atoms with Crippen LogP contribution < -0.4 is 62.1 Å². The Bertz CT molecular complexity index is 2790. The van der Waals surface area contributed by atoms with Gasteiger partial charge in [-0.2, -0.15) is 26.3 Å². The summed E-state index contributed by atoms with van der Waals surface area (Å²) in [6.45, 7) is 28.4. The third-order valence-electron chi connectivity index (χ3n) is 15.8. The van der Waals surface area contributed by atoms with Crippen molar-refractivity contribution in [3.63, 3.8) is 0 Å². The molecule has 4 saturated heterocycles. The fourth-order valence-corrected chi connectivity index (χ4v) is 10.8. The summed E-state index contributed by atoms with van der Waals surface area (Å²) in [6, 6.07) is 23.6. The van der Waals surface area contributed by atoms with Gasteiger partial charge in [0.15, 0.2) is 0 Å². The smallest absolute Gasteiger partial charge is 1.00 e. The van der Waals surface area contributed by atoms with Crippen LogP contribution in [-0.2, 0) is 32.8 Å². The van der Waals surface area contributed by atoms with Gasteiger partial charge in [-0.1, -0.05) is 79.7 Å². The number of nitrogens with one attached hydrogen (secondary N) is 2. The van der Waals surface area contributed by atoms with Gasteiger partial charge in [0.1, 0.15) is 11.1 Å². The molecule has 4 fully saturated rings. The van der Waals surface area contributed by atoms with E-state index in [-0.39, 0.29) is 77.4 Å². The van der Waals surface area contributed by atoms with E-state index in [1.807, 2.05) is 11.8 Å². The molecule has 0 saturated carbocycles. The summed E-state index contributed by atoms with van der Waals surface area (Å²) < 4.78 is 78.4. The zero-order chi connectivity index (χ0) is 61.0. The number of piperazine rings is 2. The summed E-state index contributed by atoms with van der Waals surface area (Å²) in [5, 5.41) is 40.7. The summed E-state index contributed by atoms with van der Waals surface area (Å²) in [6.07, 6.45) is -6.67. The number of likely N-dealkylation sites (tertiary alicyclic amines) is 1. The number of nitro groups is 2. The topological polar surface area (TPSA) is 200 Å². The second kappa shape index (κ2) is 31.2. The average molecular weight is 1210 g/mol. The van der Waals surface area contributed by atoms with Crippen LogP contribution in [0.5, 0.6) is 0 Å². The number of rotatable bonds is 14. The Morgan fingerprint density at radius 2 is 0.918 bits per heavy atom. The second-order valence-corrected chi connectivity index (χ2v) is 24.3. The maximum Gasteiger partial charge on any atom is 1.00 e. The predicted molar refractivity (Wildman–Crippen MR) is 309 cm³/mol. The molecular weight excluding hydrogens is 1130 g/mol. The van der Waals surface area contributed by atoms with Crippen LogP contribution in [0.4, 0.5) is 60.5 Å². The number of carboxylic acid groups (broad SMARTS) is 1. The number of carbonyl (C=O) groups excluding carboxylic acids is 2.